The SMILES string of the molecule is COc1cnc(NCC(C)CN2CCCC2)nc1. The zero-order chi connectivity index (χ0) is 12.8. The van der Waals surface area contributed by atoms with Crippen LogP contribution in [0.3, 0.4) is 0 Å². The molecule has 1 aliphatic rings. The molecule has 0 spiro atoms. The fourth-order valence-corrected chi connectivity index (χ4v) is 2.25. The predicted molar refractivity (Wildman–Crippen MR) is 71.9 cm³/mol. The van der Waals surface area contributed by atoms with Crippen molar-refractivity contribution < 1.29 is 4.74 Å². The molecule has 1 aromatic rings. The highest BCUT2D eigenvalue weighted by Gasteiger charge is 2.14. The predicted octanol–water partition coefficient (Wildman–Crippen LogP) is 1.63. The van der Waals surface area contributed by atoms with Gasteiger partial charge in [0.2, 0.25) is 5.95 Å². The van der Waals surface area contributed by atoms with Crippen LogP contribution < -0.4 is 10.1 Å². The van der Waals surface area contributed by atoms with Crippen LogP contribution in [-0.4, -0.2) is 48.2 Å². The highest BCUT2D eigenvalue weighted by Crippen LogP contribution is 2.11. The van der Waals surface area contributed by atoms with Gasteiger partial charge in [0.25, 0.3) is 0 Å². The molecule has 2 heterocycles. The number of likely N-dealkylation sites (tertiary alicyclic amines) is 1. The fourth-order valence-electron chi connectivity index (χ4n) is 2.25. The molecular formula is C13H22N4O. The number of anilines is 1. The van der Waals surface area contributed by atoms with E-state index in [1.807, 2.05) is 0 Å². The van der Waals surface area contributed by atoms with Gasteiger partial charge in [-0.3, -0.25) is 0 Å². The van der Waals surface area contributed by atoms with E-state index in [0.29, 0.717) is 17.6 Å². The monoisotopic (exact) mass is 250 g/mol. The van der Waals surface area contributed by atoms with Crippen molar-refractivity contribution in [3.63, 3.8) is 0 Å². The fraction of sp³-hybridized carbons (Fsp3) is 0.692. The molecule has 0 amide bonds. The Bertz CT molecular complexity index is 349. The first kappa shape index (κ1) is 13.1. The van der Waals surface area contributed by atoms with Crippen LogP contribution in [0, 0.1) is 5.92 Å². The summed E-state index contributed by atoms with van der Waals surface area (Å²) >= 11 is 0. The second-order valence-corrected chi connectivity index (χ2v) is 4.94. The Hall–Kier alpha value is -1.36. The summed E-state index contributed by atoms with van der Waals surface area (Å²) < 4.78 is 5.02. The van der Waals surface area contributed by atoms with E-state index in [4.69, 9.17) is 4.74 Å². The Balaban J connectivity index is 1.72. The Labute approximate surface area is 109 Å². The standard InChI is InChI=1S/C13H22N4O/c1-11(10-17-5-3-4-6-17)7-14-13-15-8-12(18-2)9-16-13/h8-9,11H,3-7,10H2,1-2H3,(H,14,15,16). The zero-order valence-electron chi connectivity index (χ0n) is 11.2. The molecule has 1 saturated heterocycles. The lowest BCUT2D eigenvalue weighted by atomic mass is 10.1. The van der Waals surface area contributed by atoms with Gasteiger partial charge in [-0.15, -0.1) is 0 Å². The molecule has 1 unspecified atom stereocenters. The zero-order valence-corrected chi connectivity index (χ0v) is 11.2. The van der Waals surface area contributed by atoms with Crippen molar-refractivity contribution in [1.29, 1.82) is 0 Å². The van der Waals surface area contributed by atoms with Crippen molar-refractivity contribution in [2.45, 2.75) is 19.8 Å². The van der Waals surface area contributed by atoms with Gasteiger partial charge in [-0.05, 0) is 31.8 Å². The van der Waals surface area contributed by atoms with E-state index in [1.54, 1.807) is 19.5 Å². The van der Waals surface area contributed by atoms with E-state index in [-0.39, 0.29) is 0 Å². The van der Waals surface area contributed by atoms with Gasteiger partial charge >= 0.3 is 0 Å². The van der Waals surface area contributed by atoms with Crippen molar-refractivity contribution in [2.75, 3.05) is 38.6 Å². The summed E-state index contributed by atoms with van der Waals surface area (Å²) in [6.07, 6.45) is 6.06. The van der Waals surface area contributed by atoms with Crippen LogP contribution in [-0.2, 0) is 0 Å². The van der Waals surface area contributed by atoms with E-state index in [9.17, 15) is 0 Å². The normalized spacial score (nSPS) is 17.7. The molecule has 1 N–H and O–H groups in total. The molecule has 1 atom stereocenters. The molecule has 0 bridgehead atoms. The molecule has 0 aliphatic carbocycles. The van der Waals surface area contributed by atoms with Crippen LogP contribution in [0.15, 0.2) is 12.4 Å². The van der Waals surface area contributed by atoms with Gasteiger partial charge in [-0.25, -0.2) is 9.97 Å². The highest BCUT2D eigenvalue weighted by atomic mass is 16.5. The number of hydrogen-bond acceptors (Lipinski definition) is 5. The molecule has 5 heteroatoms. The van der Waals surface area contributed by atoms with Gasteiger partial charge in [-0.1, -0.05) is 6.92 Å². The Morgan fingerprint density at radius 3 is 2.61 bits per heavy atom. The van der Waals surface area contributed by atoms with Gasteiger partial charge in [0.05, 0.1) is 19.5 Å². The maximum absolute atomic E-state index is 5.02. The van der Waals surface area contributed by atoms with Gasteiger partial charge < -0.3 is 15.0 Å². The highest BCUT2D eigenvalue weighted by molar-refractivity contribution is 5.26. The van der Waals surface area contributed by atoms with E-state index in [1.165, 1.54) is 25.9 Å². The summed E-state index contributed by atoms with van der Waals surface area (Å²) in [5, 5.41) is 3.27. The number of aromatic nitrogens is 2. The number of rotatable bonds is 6. The second-order valence-electron chi connectivity index (χ2n) is 4.94. The van der Waals surface area contributed by atoms with Crippen molar-refractivity contribution in [3.05, 3.63) is 12.4 Å². The third-order valence-corrected chi connectivity index (χ3v) is 3.24. The number of ether oxygens (including phenoxy) is 1. The Kier molecular flexibility index (Phi) is 4.75. The summed E-state index contributed by atoms with van der Waals surface area (Å²) in [5.41, 5.74) is 0. The molecule has 5 nitrogen and oxygen atoms in total. The molecule has 100 valence electrons. The number of hydrogen-bond donors (Lipinski definition) is 1. The molecule has 0 saturated carbocycles. The lowest BCUT2D eigenvalue weighted by Crippen LogP contribution is -2.29. The topological polar surface area (TPSA) is 50.3 Å². The minimum absolute atomic E-state index is 0.605. The van der Waals surface area contributed by atoms with Crippen LogP contribution in [0.5, 0.6) is 5.75 Å². The van der Waals surface area contributed by atoms with Crippen LogP contribution >= 0.6 is 0 Å². The van der Waals surface area contributed by atoms with Crippen LogP contribution in [0.1, 0.15) is 19.8 Å². The molecule has 1 aliphatic heterocycles. The third kappa shape index (κ3) is 3.84. The smallest absolute Gasteiger partial charge is 0.222 e. The molecular weight excluding hydrogens is 228 g/mol. The van der Waals surface area contributed by atoms with Gasteiger partial charge in [-0.2, -0.15) is 0 Å². The van der Waals surface area contributed by atoms with E-state index in [0.717, 1.165) is 13.1 Å². The number of methoxy groups -OCH3 is 1. The average Bonchev–Trinajstić information content (AvgIpc) is 2.90. The van der Waals surface area contributed by atoms with Crippen molar-refractivity contribution in [1.82, 2.24) is 14.9 Å². The van der Waals surface area contributed by atoms with Gasteiger partial charge in [0.15, 0.2) is 5.75 Å². The quantitative estimate of drug-likeness (QED) is 0.831. The number of nitrogens with zero attached hydrogens (tertiary/aromatic N) is 3. The summed E-state index contributed by atoms with van der Waals surface area (Å²) in [6, 6.07) is 0. The molecule has 1 fully saturated rings. The summed E-state index contributed by atoms with van der Waals surface area (Å²) in [7, 11) is 1.61. The largest absolute Gasteiger partial charge is 0.494 e. The minimum atomic E-state index is 0.605. The van der Waals surface area contributed by atoms with Crippen LogP contribution in [0.4, 0.5) is 5.95 Å². The maximum atomic E-state index is 5.02. The molecule has 18 heavy (non-hydrogen) atoms. The van der Waals surface area contributed by atoms with Gasteiger partial charge in [0.1, 0.15) is 0 Å². The molecule has 0 aromatic carbocycles. The first-order chi connectivity index (χ1) is 8.78. The second kappa shape index (κ2) is 6.54. The van der Waals surface area contributed by atoms with E-state index >= 15 is 0 Å². The van der Waals surface area contributed by atoms with Crippen molar-refractivity contribution in [2.24, 2.45) is 5.92 Å². The number of nitrogens with one attached hydrogen (secondary N) is 1. The van der Waals surface area contributed by atoms with Gasteiger partial charge in [0, 0.05) is 13.1 Å². The molecule has 0 radical (unpaired) electrons. The van der Waals surface area contributed by atoms with Crippen molar-refractivity contribution in [3.8, 4) is 5.75 Å². The van der Waals surface area contributed by atoms with Crippen LogP contribution in [0.2, 0.25) is 0 Å². The summed E-state index contributed by atoms with van der Waals surface area (Å²) in [6.45, 7) is 6.83. The third-order valence-electron chi connectivity index (χ3n) is 3.24. The Morgan fingerprint density at radius 2 is 2.00 bits per heavy atom. The van der Waals surface area contributed by atoms with Crippen LogP contribution in [0.25, 0.3) is 0 Å². The van der Waals surface area contributed by atoms with E-state index < -0.39 is 0 Å². The molecule has 2 rings (SSSR count). The lowest BCUT2D eigenvalue weighted by molar-refractivity contribution is 0.294. The minimum Gasteiger partial charge on any atom is -0.494 e. The Morgan fingerprint density at radius 1 is 1.33 bits per heavy atom. The first-order valence-corrected chi connectivity index (χ1v) is 6.60. The average molecular weight is 250 g/mol. The summed E-state index contributed by atoms with van der Waals surface area (Å²) in [4.78, 5) is 10.9. The summed E-state index contributed by atoms with van der Waals surface area (Å²) in [5.74, 6) is 1.96. The van der Waals surface area contributed by atoms with Crippen molar-refractivity contribution >= 4 is 5.95 Å². The molecule has 1 aromatic heterocycles. The van der Waals surface area contributed by atoms with E-state index in [2.05, 4.69) is 27.1 Å². The first-order valence-electron chi connectivity index (χ1n) is 6.60. The maximum Gasteiger partial charge on any atom is 0.222 e. The lowest BCUT2D eigenvalue weighted by Gasteiger charge is -2.20.